The third kappa shape index (κ3) is 7.27. The number of ether oxygens (including phenoxy) is 1. The number of halogens is 1. The average molecular weight is 518 g/mol. The van der Waals surface area contributed by atoms with E-state index in [1.54, 1.807) is 19.3 Å². The molecule has 2 rings (SSSR count). The fourth-order valence-corrected chi connectivity index (χ4v) is 3.27. The van der Waals surface area contributed by atoms with Gasteiger partial charge in [0.05, 0.1) is 24.6 Å². The number of aryl methyl sites for hydroxylation is 1. The Kier molecular flexibility index (Phi) is 10.8. The van der Waals surface area contributed by atoms with Crippen LogP contribution >= 0.6 is 35.3 Å². The topological polar surface area (TPSA) is 88.8 Å². The molecule has 0 aliphatic heterocycles. The van der Waals surface area contributed by atoms with Crippen LogP contribution in [0.2, 0.25) is 0 Å². The molecule has 1 atom stereocenters. The summed E-state index contributed by atoms with van der Waals surface area (Å²) in [5.74, 6) is 1.21. The molecule has 0 aliphatic rings. The Morgan fingerprint density at radius 1 is 1.54 bits per heavy atom. The van der Waals surface area contributed by atoms with Crippen LogP contribution in [0, 0.1) is 6.92 Å². The zero-order chi connectivity index (χ0) is 19.6. The van der Waals surface area contributed by atoms with Crippen LogP contribution in [0.25, 0.3) is 0 Å². The van der Waals surface area contributed by atoms with Crippen LogP contribution in [0.4, 0.5) is 0 Å². The number of aromatic nitrogens is 1. The molecule has 0 spiro atoms. The van der Waals surface area contributed by atoms with Crippen molar-refractivity contribution in [2.45, 2.75) is 33.2 Å². The van der Waals surface area contributed by atoms with E-state index in [4.69, 9.17) is 9.15 Å². The van der Waals surface area contributed by atoms with Crippen LogP contribution in [0.3, 0.4) is 0 Å². The summed E-state index contributed by atoms with van der Waals surface area (Å²) in [5.41, 5.74) is 0.678. The SMILES string of the molecule is C=CCNC(=NCCc1ccco1)NC(C)c1nc(C)c(C(=O)OCC)s1.I. The summed E-state index contributed by atoms with van der Waals surface area (Å²) in [5, 5.41) is 7.31. The average Bonchev–Trinajstić information content (AvgIpc) is 3.29. The highest BCUT2D eigenvalue weighted by molar-refractivity contribution is 14.0. The monoisotopic (exact) mass is 518 g/mol. The van der Waals surface area contributed by atoms with Crippen molar-refractivity contribution in [3.63, 3.8) is 0 Å². The van der Waals surface area contributed by atoms with Gasteiger partial charge in [-0.3, -0.25) is 4.99 Å². The molecular formula is C19H27IN4O3S. The van der Waals surface area contributed by atoms with E-state index in [0.29, 0.717) is 42.6 Å². The van der Waals surface area contributed by atoms with Gasteiger partial charge in [-0.25, -0.2) is 9.78 Å². The molecule has 1 unspecified atom stereocenters. The number of esters is 1. The Labute approximate surface area is 186 Å². The van der Waals surface area contributed by atoms with Gasteiger partial charge in [-0.05, 0) is 32.9 Å². The van der Waals surface area contributed by atoms with Gasteiger partial charge < -0.3 is 19.8 Å². The molecule has 0 bridgehead atoms. The maximum Gasteiger partial charge on any atom is 0.350 e. The molecule has 9 heteroatoms. The first-order valence-electron chi connectivity index (χ1n) is 8.87. The van der Waals surface area contributed by atoms with Gasteiger partial charge in [0.2, 0.25) is 0 Å². The highest BCUT2D eigenvalue weighted by atomic mass is 127. The number of guanidine groups is 1. The van der Waals surface area contributed by atoms with Gasteiger partial charge in [-0.15, -0.1) is 41.9 Å². The number of nitrogens with zero attached hydrogens (tertiary/aromatic N) is 2. The van der Waals surface area contributed by atoms with Gasteiger partial charge in [-0.1, -0.05) is 6.08 Å². The number of hydrogen-bond acceptors (Lipinski definition) is 6. The highest BCUT2D eigenvalue weighted by Crippen LogP contribution is 2.24. The van der Waals surface area contributed by atoms with Crippen LogP contribution < -0.4 is 10.6 Å². The molecule has 7 nitrogen and oxygen atoms in total. The third-order valence-electron chi connectivity index (χ3n) is 3.62. The normalized spacial score (nSPS) is 12.0. The van der Waals surface area contributed by atoms with Crippen LogP contribution in [-0.2, 0) is 11.2 Å². The van der Waals surface area contributed by atoms with Crippen LogP contribution in [0.5, 0.6) is 0 Å². The highest BCUT2D eigenvalue weighted by Gasteiger charge is 2.20. The molecule has 2 aromatic rings. The standard InChI is InChI=1S/C19H26N4O3S.HI/c1-5-10-20-19(21-11-9-15-8-7-12-26-15)23-14(4)17-22-13(3)16(27-17)18(24)25-6-2;/h5,7-8,12,14H,1,6,9-11H2,2-4H3,(H2,20,21,23);1H. The lowest BCUT2D eigenvalue weighted by molar-refractivity contribution is 0.0531. The van der Waals surface area contributed by atoms with E-state index in [2.05, 4.69) is 27.2 Å². The molecule has 154 valence electrons. The molecule has 0 saturated carbocycles. The van der Waals surface area contributed by atoms with Gasteiger partial charge >= 0.3 is 5.97 Å². The van der Waals surface area contributed by atoms with E-state index in [9.17, 15) is 4.79 Å². The second kappa shape index (κ2) is 12.6. The van der Waals surface area contributed by atoms with Crippen LogP contribution in [-0.4, -0.2) is 36.6 Å². The van der Waals surface area contributed by atoms with Crippen molar-refractivity contribution in [1.82, 2.24) is 15.6 Å². The summed E-state index contributed by atoms with van der Waals surface area (Å²) in [6, 6.07) is 3.68. The molecule has 2 N–H and O–H groups in total. The minimum absolute atomic E-state index is 0. The number of nitrogens with one attached hydrogen (secondary N) is 2. The van der Waals surface area contributed by atoms with Gasteiger partial charge in [-0.2, -0.15) is 0 Å². The van der Waals surface area contributed by atoms with Crippen LogP contribution in [0.1, 0.15) is 46.0 Å². The van der Waals surface area contributed by atoms with Crippen molar-refractivity contribution in [3.05, 3.63) is 52.4 Å². The first-order chi connectivity index (χ1) is 13.0. The number of hydrogen-bond donors (Lipinski definition) is 2. The van der Waals surface area contributed by atoms with E-state index in [1.165, 1.54) is 11.3 Å². The van der Waals surface area contributed by atoms with Crippen molar-refractivity contribution in [2.75, 3.05) is 19.7 Å². The van der Waals surface area contributed by atoms with Crippen molar-refractivity contribution >= 4 is 47.2 Å². The second-order valence-electron chi connectivity index (χ2n) is 5.78. The fraction of sp³-hybridized carbons (Fsp3) is 0.421. The molecule has 0 saturated heterocycles. The molecule has 0 aromatic carbocycles. The lowest BCUT2D eigenvalue weighted by atomic mass is 10.3. The van der Waals surface area contributed by atoms with Gasteiger partial charge in [0.1, 0.15) is 15.6 Å². The van der Waals surface area contributed by atoms with Crippen molar-refractivity contribution in [3.8, 4) is 0 Å². The summed E-state index contributed by atoms with van der Waals surface area (Å²) in [4.78, 5) is 21.6. The molecule has 0 radical (unpaired) electrons. The smallest absolute Gasteiger partial charge is 0.350 e. The molecule has 0 aliphatic carbocycles. The molecule has 2 aromatic heterocycles. The molecular weight excluding hydrogens is 491 g/mol. The van der Waals surface area contributed by atoms with E-state index in [0.717, 1.165) is 10.8 Å². The maximum atomic E-state index is 12.0. The second-order valence-corrected chi connectivity index (χ2v) is 6.81. The predicted molar refractivity (Wildman–Crippen MR) is 123 cm³/mol. The van der Waals surface area contributed by atoms with E-state index in [1.807, 2.05) is 26.0 Å². The number of rotatable bonds is 9. The minimum atomic E-state index is -0.330. The summed E-state index contributed by atoms with van der Waals surface area (Å²) in [6.45, 7) is 10.8. The van der Waals surface area contributed by atoms with Gasteiger partial charge in [0.15, 0.2) is 5.96 Å². The summed E-state index contributed by atoms with van der Waals surface area (Å²) >= 11 is 1.34. The number of aliphatic imine (C=N–C) groups is 1. The number of furan rings is 1. The molecule has 0 amide bonds. The summed E-state index contributed by atoms with van der Waals surface area (Å²) in [7, 11) is 0. The van der Waals surface area contributed by atoms with E-state index in [-0.39, 0.29) is 36.0 Å². The minimum Gasteiger partial charge on any atom is -0.469 e. The number of thiazole rings is 1. The largest absolute Gasteiger partial charge is 0.469 e. The number of carbonyl (C=O) groups excluding carboxylic acids is 1. The van der Waals surface area contributed by atoms with Gasteiger partial charge in [0, 0.05) is 19.5 Å². The lowest BCUT2D eigenvalue weighted by Crippen LogP contribution is -2.39. The van der Waals surface area contributed by atoms with Crippen molar-refractivity contribution in [2.24, 2.45) is 4.99 Å². The zero-order valence-corrected chi connectivity index (χ0v) is 19.5. The van der Waals surface area contributed by atoms with Crippen molar-refractivity contribution in [1.29, 1.82) is 0 Å². The quantitative estimate of drug-likeness (QED) is 0.172. The Balaban J connectivity index is 0.00000392. The Hall–Kier alpha value is -1.88. The van der Waals surface area contributed by atoms with E-state index < -0.39 is 0 Å². The number of carbonyl (C=O) groups is 1. The Bertz CT molecular complexity index is 774. The Morgan fingerprint density at radius 3 is 2.96 bits per heavy atom. The fourth-order valence-electron chi connectivity index (χ4n) is 2.31. The zero-order valence-electron chi connectivity index (χ0n) is 16.4. The third-order valence-corrected chi connectivity index (χ3v) is 4.94. The molecule has 28 heavy (non-hydrogen) atoms. The first-order valence-corrected chi connectivity index (χ1v) is 9.69. The lowest BCUT2D eigenvalue weighted by Gasteiger charge is -2.16. The summed E-state index contributed by atoms with van der Waals surface area (Å²) in [6.07, 6.45) is 4.13. The first kappa shape index (κ1) is 24.2. The van der Waals surface area contributed by atoms with Crippen LogP contribution in [0.15, 0.2) is 40.5 Å². The van der Waals surface area contributed by atoms with E-state index >= 15 is 0 Å². The van der Waals surface area contributed by atoms with Crippen molar-refractivity contribution < 1.29 is 13.9 Å². The predicted octanol–water partition coefficient (Wildman–Crippen LogP) is 3.86. The molecule has 0 fully saturated rings. The molecule has 2 heterocycles. The maximum absolute atomic E-state index is 12.0. The van der Waals surface area contributed by atoms with Gasteiger partial charge in [0.25, 0.3) is 0 Å². The summed E-state index contributed by atoms with van der Waals surface area (Å²) < 4.78 is 10.4. The Morgan fingerprint density at radius 2 is 2.32 bits per heavy atom.